The van der Waals surface area contributed by atoms with E-state index < -0.39 is 22.0 Å². The quantitative estimate of drug-likeness (QED) is 0.443. The van der Waals surface area contributed by atoms with E-state index in [9.17, 15) is 18.0 Å². The third-order valence-electron chi connectivity index (χ3n) is 4.62. The molecule has 0 radical (unpaired) electrons. The van der Waals surface area contributed by atoms with Gasteiger partial charge in [-0.1, -0.05) is 49.4 Å². The van der Waals surface area contributed by atoms with Gasteiger partial charge in [0.05, 0.1) is 29.5 Å². The topological polar surface area (TPSA) is 119 Å². The van der Waals surface area contributed by atoms with Crippen LogP contribution in [0.5, 0.6) is 0 Å². The van der Waals surface area contributed by atoms with Gasteiger partial charge in [0.15, 0.2) is 0 Å². The van der Waals surface area contributed by atoms with Gasteiger partial charge in [0.2, 0.25) is 0 Å². The number of sulfonamides is 1. The first kappa shape index (κ1) is 24.3. The first-order valence-electron chi connectivity index (χ1n) is 10.1. The van der Waals surface area contributed by atoms with E-state index in [1.165, 1.54) is 18.6 Å². The van der Waals surface area contributed by atoms with Crippen molar-refractivity contribution in [2.45, 2.75) is 24.8 Å². The molecule has 0 saturated carbocycles. The summed E-state index contributed by atoms with van der Waals surface area (Å²) in [6.45, 7) is 2.39. The Balaban J connectivity index is 2.00. The normalized spacial score (nSPS) is 11.1. The van der Waals surface area contributed by atoms with Gasteiger partial charge in [-0.05, 0) is 23.6 Å². The summed E-state index contributed by atoms with van der Waals surface area (Å²) in [6.07, 6.45) is 5.15. The molecule has 1 aromatic heterocycles. The molecule has 174 valence electrons. The third-order valence-corrected chi connectivity index (χ3v) is 6.31. The van der Waals surface area contributed by atoms with Gasteiger partial charge in [0, 0.05) is 24.9 Å². The Labute approximate surface area is 196 Å². The zero-order valence-corrected chi connectivity index (χ0v) is 19.8. The van der Waals surface area contributed by atoms with Crippen molar-refractivity contribution in [3.63, 3.8) is 0 Å². The van der Waals surface area contributed by atoms with Crippen molar-refractivity contribution in [2.24, 2.45) is 0 Å². The summed E-state index contributed by atoms with van der Waals surface area (Å²) in [5, 5.41) is 2.51. The van der Waals surface area contributed by atoms with Crippen LogP contribution in [0.4, 0.5) is 4.79 Å². The molecule has 3 rings (SSSR count). The summed E-state index contributed by atoms with van der Waals surface area (Å²) in [5.74, 6) is -0.553. The molecule has 2 N–H and O–H groups in total. The van der Waals surface area contributed by atoms with Gasteiger partial charge >= 0.3 is 12.0 Å². The maximum atomic E-state index is 13.1. The average Bonchev–Trinajstić information content (AvgIpc) is 3.26. The molecule has 11 heteroatoms. The maximum Gasteiger partial charge on any atom is 0.368 e. The fourth-order valence-electron chi connectivity index (χ4n) is 3.13. The van der Waals surface area contributed by atoms with Crippen molar-refractivity contribution >= 4 is 34.1 Å². The number of carbonyl (C=O) groups excluding carboxylic acids is 2. The lowest BCUT2D eigenvalue weighted by Crippen LogP contribution is -2.39. The number of benzene rings is 2. The van der Waals surface area contributed by atoms with Crippen LogP contribution in [0, 0.1) is 0 Å². The smallest absolute Gasteiger partial charge is 0.368 e. The Morgan fingerprint density at radius 2 is 1.91 bits per heavy atom. The molecule has 0 bridgehead atoms. The zero-order valence-electron chi connectivity index (χ0n) is 18.1. The van der Waals surface area contributed by atoms with Crippen LogP contribution >= 0.6 is 12.0 Å². The van der Waals surface area contributed by atoms with E-state index in [1.54, 1.807) is 47.2 Å². The van der Waals surface area contributed by atoms with Crippen molar-refractivity contribution in [2.75, 3.05) is 12.8 Å². The minimum absolute atomic E-state index is 0.0498. The summed E-state index contributed by atoms with van der Waals surface area (Å²) in [6, 6.07) is 13.2. The molecule has 0 unspecified atom stereocenters. The second-order valence-electron chi connectivity index (χ2n) is 7.00. The van der Waals surface area contributed by atoms with E-state index in [4.69, 9.17) is 4.18 Å². The van der Waals surface area contributed by atoms with Crippen LogP contribution in [0.25, 0.3) is 11.1 Å². The van der Waals surface area contributed by atoms with E-state index in [-0.39, 0.29) is 17.1 Å². The van der Waals surface area contributed by atoms with Gasteiger partial charge in [0.1, 0.15) is 5.69 Å². The summed E-state index contributed by atoms with van der Waals surface area (Å²) in [4.78, 5) is 28.2. The number of rotatable bonds is 9. The highest BCUT2D eigenvalue weighted by Gasteiger charge is 2.23. The summed E-state index contributed by atoms with van der Waals surface area (Å²) in [5.41, 5.74) is 1.96. The Hall–Kier alpha value is -3.31. The molecule has 0 aliphatic carbocycles. The standard InChI is InChI=1S/C22H24N4O5S2/c1-3-11-24-22(28)25-33(29,30)20-12-16(9-10-18(20)17-7-5-4-6-8-17)14-26-15-23-13-19(26)21(27)31-32-2/h4-10,12-13,15H,3,11,14H2,1-2H3,(H2,24,25,28). The van der Waals surface area contributed by atoms with E-state index in [0.717, 1.165) is 12.0 Å². The van der Waals surface area contributed by atoms with Gasteiger partial charge in [-0.2, -0.15) is 0 Å². The first-order valence-corrected chi connectivity index (χ1v) is 12.7. The molecule has 0 saturated heterocycles. The van der Waals surface area contributed by atoms with Crippen LogP contribution < -0.4 is 10.0 Å². The van der Waals surface area contributed by atoms with Crippen molar-refractivity contribution in [3.05, 3.63) is 72.3 Å². The molecule has 3 aromatic rings. The number of hydrogen-bond donors (Lipinski definition) is 2. The second-order valence-corrected chi connectivity index (χ2v) is 9.15. The van der Waals surface area contributed by atoms with Crippen LogP contribution in [-0.4, -0.2) is 42.8 Å². The first-order chi connectivity index (χ1) is 15.9. The predicted octanol–water partition coefficient (Wildman–Crippen LogP) is 3.43. The van der Waals surface area contributed by atoms with Gasteiger partial charge < -0.3 is 14.1 Å². The highest BCUT2D eigenvalue weighted by atomic mass is 32.2. The molecule has 2 aromatic carbocycles. The largest absolute Gasteiger partial charge is 0.387 e. The number of imidazole rings is 1. The van der Waals surface area contributed by atoms with Crippen LogP contribution in [-0.2, 0) is 20.8 Å². The molecule has 0 atom stereocenters. The summed E-state index contributed by atoms with van der Waals surface area (Å²) < 4.78 is 34.9. The van der Waals surface area contributed by atoms with Crippen molar-refractivity contribution < 1.29 is 22.2 Å². The predicted molar refractivity (Wildman–Crippen MR) is 126 cm³/mol. The van der Waals surface area contributed by atoms with Crippen LogP contribution in [0.15, 0.2) is 66.0 Å². The Bertz CT molecular complexity index is 1230. The molecule has 33 heavy (non-hydrogen) atoms. The highest BCUT2D eigenvalue weighted by Crippen LogP contribution is 2.29. The molecule has 0 aliphatic rings. The second kappa shape index (κ2) is 11.0. The van der Waals surface area contributed by atoms with Crippen molar-refractivity contribution in [1.82, 2.24) is 19.6 Å². The van der Waals surface area contributed by atoms with Gasteiger partial charge in [-0.3, -0.25) is 0 Å². The molecule has 1 heterocycles. The van der Waals surface area contributed by atoms with Gasteiger partial charge in [-0.25, -0.2) is 27.7 Å². The van der Waals surface area contributed by atoms with E-state index in [2.05, 4.69) is 15.0 Å². The molecular weight excluding hydrogens is 464 g/mol. The van der Waals surface area contributed by atoms with Crippen LogP contribution in [0.2, 0.25) is 0 Å². The Morgan fingerprint density at radius 3 is 2.61 bits per heavy atom. The maximum absolute atomic E-state index is 13.1. The molecule has 0 fully saturated rings. The van der Waals surface area contributed by atoms with E-state index >= 15 is 0 Å². The third kappa shape index (κ3) is 6.14. The van der Waals surface area contributed by atoms with Crippen LogP contribution in [0.1, 0.15) is 29.4 Å². The average molecular weight is 489 g/mol. The molecule has 0 aliphatic heterocycles. The molecular formula is C22H24N4O5S2. The monoisotopic (exact) mass is 488 g/mol. The number of urea groups is 1. The number of nitrogens with one attached hydrogen (secondary N) is 2. The minimum Gasteiger partial charge on any atom is -0.387 e. The molecule has 0 spiro atoms. The Morgan fingerprint density at radius 1 is 1.15 bits per heavy atom. The lowest BCUT2D eigenvalue weighted by atomic mass is 10.0. The number of nitrogens with zero attached hydrogens (tertiary/aromatic N) is 2. The fraction of sp³-hybridized carbons (Fsp3) is 0.227. The van der Waals surface area contributed by atoms with E-state index in [1.807, 2.05) is 13.0 Å². The lowest BCUT2D eigenvalue weighted by Gasteiger charge is -2.15. The number of hydrogen-bond acceptors (Lipinski definition) is 7. The van der Waals surface area contributed by atoms with E-state index in [0.29, 0.717) is 29.7 Å². The summed E-state index contributed by atoms with van der Waals surface area (Å²) in [7, 11) is -4.19. The SMILES string of the molecule is CCCNC(=O)NS(=O)(=O)c1cc(Cn2cncc2C(=O)OSC)ccc1-c1ccccc1. The van der Waals surface area contributed by atoms with Crippen molar-refractivity contribution in [3.8, 4) is 11.1 Å². The van der Waals surface area contributed by atoms with Gasteiger partial charge in [0.25, 0.3) is 10.0 Å². The number of carbonyl (C=O) groups is 2. The number of aromatic nitrogens is 2. The molecule has 2 amide bonds. The fourth-order valence-corrected chi connectivity index (χ4v) is 4.57. The zero-order chi connectivity index (χ0) is 23.8. The van der Waals surface area contributed by atoms with Crippen molar-refractivity contribution in [1.29, 1.82) is 0 Å². The molecule has 9 nitrogen and oxygen atoms in total. The Kier molecular flexibility index (Phi) is 8.12. The highest BCUT2D eigenvalue weighted by molar-refractivity contribution is 7.94. The van der Waals surface area contributed by atoms with Gasteiger partial charge in [-0.15, -0.1) is 0 Å². The minimum atomic E-state index is -4.19. The van der Waals surface area contributed by atoms with Crippen LogP contribution in [0.3, 0.4) is 0 Å². The number of amides is 2. The lowest BCUT2D eigenvalue weighted by molar-refractivity contribution is 0.0758. The summed E-state index contributed by atoms with van der Waals surface area (Å²) >= 11 is 0.923.